The van der Waals surface area contributed by atoms with E-state index in [9.17, 15) is 14.4 Å². The van der Waals surface area contributed by atoms with Crippen LogP contribution in [0, 0.1) is 6.92 Å². The second kappa shape index (κ2) is 5.95. The molecule has 0 heterocycles. The van der Waals surface area contributed by atoms with Crippen LogP contribution in [-0.2, 0) is 4.74 Å². The van der Waals surface area contributed by atoms with Gasteiger partial charge in [0.05, 0.1) is 5.56 Å². The van der Waals surface area contributed by atoms with E-state index in [2.05, 4.69) is 0 Å². The molecule has 0 aliphatic rings. The number of nitrogens with zero attached hydrogens (tertiary/aromatic N) is 1. The fourth-order valence-corrected chi connectivity index (χ4v) is 1.69. The summed E-state index contributed by atoms with van der Waals surface area (Å²) in [6.07, 6.45) is -0.0617. The minimum absolute atomic E-state index is 0.0231. The molecule has 0 fully saturated rings. The number of benzene rings is 1. The van der Waals surface area contributed by atoms with Crippen molar-refractivity contribution in [1.82, 2.24) is 0 Å². The molecule has 0 saturated carbocycles. The van der Waals surface area contributed by atoms with Crippen molar-refractivity contribution >= 4 is 24.0 Å². The number of hydrogen-bond acceptors (Lipinski definition) is 4. The number of carbonyl (C=O) groups is 3. The minimum Gasteiger partial charge on any atom is -0.478 e. The van der Waals surface area contributed by atoms with Crippen molar-refractivity contribution in [2.24, 2.45) is 0 Å². The molecule has 6 nitrogen and oxygen atoms in total. The standard InChI is InChI=1S/C15H19NO5/c1-9-10(8-17)6-11(7-12(9)13(18)19)16(5)14(20)21-15(2,3)4/h6-8H,1-5H3,(H,18,19). The number of anilines is 1. The molecule has 0 aliphatic carbocycles. The van der Waals surface area contributed by atoms with Gasteiger partial charge in [0.1, 0.15) is 11.9 Å². The summed E-state index contributed by atoms with van der Waals surface area (Å²) in [6, 6.07) is 2.80. The molecule has 1 amide bonds. The van der Waals surface area contributed by atoms with Crippen LogP contribution < -0.4 is 4.90 Å². The Balaban J connectivity index is 3.24. The lowest BCUT2D eigenvalue weighted by molar-refractivity contribution is 0.0587. The Morgan fingerprint density at radius 3 is 2.29 bits per heavy atom. The van der Waals surface area contributed by atoms with E-state index in [0.29, 0.717) is 11.8 Å². The second-order valence-electron chi connectivity index (χ2n) is 5.67. The third-order valence-electron chi connectivity index (χ3n) is 2.84. The maximum Gasteiger partial charge on any atom is 0.414 e. The maximum absolute atomic E-state index is 12.0. The summed E-state index contributed by atoms with van der Waals surface area (Å²) in [7, 11) is 1.46. The van der Waals surface area contributed by atoms with Crippen LogP contribution in [0.2, 0.25) is 0 Å². The minimum atomic E-state index is -1.16. The molecular weight excluding hydrogens is 274 g/mol. The van der Waals surface area contributed by atoms with Gasteiger partial charge in [-0.2, -0.15) is 0 Å². The van der Waals surface area contributed by atoms with Gasteiger partial charge in [0.25, 0.3) is 0 Å². The van der Waals surface area contributed by atoms with E-state index in [1.807, 2.05) is 0 Å². The van der Waals surface area contributed by atoms with E-state index in [1.165, 1.54) is 24.1 Å². The van der Waals surface area contributed by atoms with Gasteiger partial charge in [-0.05, 0) is 45.4 Å². The average Bonchev–Trinajstić information content (AvgIpc) is 2.35. The molecule has 0 saturated heterocycles. The highest BCUT2D eigenvalue weighted by Gasteiger charge is 2.22. The molecular formula is C15H19NO5. The third-order valence-corrected chi connectivity index (χ3v) is 2.84. The Hall–Kier alpha value is -2.37. The molecule has 1 N–H and O–H groups in total. The highest BCUT2D eigenvalue weighted by Crippen LogP contribution is 2.23. The van der Waals surface area contributed by atoms with Gasteiger partial charge in [-0.15, -0.1) is 0 Å². The topological polar surface area (TPSA) is 83.9 Å². The maximum atomic E-state index is 12.0. The molecule has 114 valence electrons. The van der Waals surface area contributed by atoms with Crippen molar-refractivity contribution in [3.8, 4) is 0 Å². The molecule has 6 heteroatoms. The van der Waals surface area contributed by atoms with Crippen LogP contribution in [0.5, 0.6) is 0 Å². The van der Waals surface area contributed by atoms with E-state index in [0.717, 1.165) is 0 Å². The average molecular weight is 293 g/mol. The van der Waals surface area contributed by atoms with Crippen molar-refractivity contribution < 1.29 is 24.2 Å². The van der Waals surface area contributed by atoms with Gasteiger partial charge in [0.2, 0.25) is 0 Å². The van der Waals surface area contributed by atoms with Gasteiger partial charge in [-0.3, -0.25) is 9.69 Å². The van der Waals surface area contributed by atoms with Crippen LogP contribution in [0.1, 0.15) is 47.1 Å². The summed E-state index contributed by atoms with van der Waals surface area (Å²) < 4.78 is 5.21. The van der Waals surface area contributed by atoms with Gasteiger partial charge < -0.3 is 9.84 Å². The van der Waals surface area contributed by atoms with E-state index in [-0.39, 0.29) is 16.8 Å². The number of amides is 1. The van der Waals surface area contributed by atoms with Crippen LogP contribution >= 0.6 is 0 Å². The van der Waals surface area contributed by atoms with Gasteiger partial charge >= 0.3 is 12.1 Å². The Kier molecular flexibility index (Phi) is 4.73. The predicted octanol–water partition coefficient (Wildman–Crippen LogP) is 2.88. The first-order valence-electron chi connectivity index (χ1n) is 6.36. The van der Waals surface area contributed by atoms with Crippen molar-refractivity contribution in [1.29, 1.82) is 0 Å². The highest BCUT2D eigenvalue weighted by molar-refractivity contribution is 5.97. The Bertz CT molecular complexity index is 586. The van der Waals surface area contributed by atoms with Crippen molar-refractivity contribution in [3.05, 3.63) is 28.8 Å². The van der Waals surface area contributed by atoms with E-state index < -0.39 is 17.7 Å². The van der Waals surface area contributed by atoms with Gasteiger partial charge in [-0.25, -0.2) is 9.59 Å². The number of hydrogen-bond donors (Lipinski definition) is 1. The van der Waals surface area contributed by atoms with Crippen LogP contribution in [-0.4, -0.2) is 36.1 Å². The molecule has 0 radical (unpaired) electrons. The van der Waals surface area contributed by atoms with Gasteiger partial charge in [0, 0.05) is 18.3 Å². The van der Waals surface area contributed by atoms with Gasteiger partial charge in [0.15, 0.2) is 0 Å². The van der Waals surface area contributed by atoms with Crippen LogP contribution in [0.25, 0.3) is 0 Å². The first kappa shape index (κ1) is 16.7. The zero-order valence-corrected chi connectivity index (χ0v) is 12.8. The molecule has 1 aromatic carbocycles. The molecule has 0 atom stereocenters. The number of rotatable bonds is 3. The molecule has 1 rings (SSSR count). The molecule has 0 spiro atoms. The van der Waals surface area contributed by atoms with Crippen LogP contribution in [0.4, 0.5) is 10.5 Å². The zero-order valence-electron chi connectivity index (χ0n) is 12.8. The lowest BCUT2D eigenvalue weighted by Gasteiger charge is -2.25. The normalized spacial score (nSPS) is 10.9. The highest BCUT2D eigenvalue weighted by atomic mass is 16.6. The Morgan fingerprint density at radius 1 is 1.29 bits per heavy atom. The number of carboxylic acid groups (broad SMARTS) is 1. The first-order chi connectivity index (χ1) is 9.56. The SMILES string of the molecule is Cc1c(C=O)cc(N(C)C(=O)OC(C)(C)C)cc1C(=O)O. The lowest BCUT2D eigenvalue weighted by Crippen LogP contribution is -2.34. The van der Waals surface area contributed by atoms with Crippen LogP contribution in [0.15, 0.2) is 12.1 Å². The predicted molar refractivity (Wildman–Crippen MR) is 78.2 cm³/mol. The molecule has 1 aromatic rings. The van der Waals surface area contributed by atoms with E-state index >= 15 is 0 Å². The van der Waals surface area contributed by atoms with Crippen molar-refractivity contribution in [3.63, 3.8) is 0 Å². The fraction of sp³-hybridized carbons (Fsp3) is 0.400. The molecule has 0 bridgehead atoms. The number of aldehydes is 1. The molecule has 21 heavy (non-hydrogen) atoms. The quantitative estimate of drug-likeness (QED) is 0.866. The van der Waals surface area contributed by atoms with Crippen LogP contribution in [0.3, 0.4) is 0 Å². The zero-order chi connectivity index (χ0) is 16.4. The number of aromatic carboxylic acids is 1. The van der Waals surface area contributed by atoms with E-state index in [4.69, 9.17) is 9.84 Å². The Labute approximate surface area is 123 Å². The summed E-state index contributed by atoms with van der Waals surface area (Å²) in [6.45, 7) is 6.73. The largest absolute Gasteiger partial charge is 0.478 e. The smallest absolute Gasteiger partial charge is 0.414 e. The first-order valence-corrected chi connectivity index (χ1v) is 6.36. The second-order valence-corrected chi connectivity index (χ2v) is 5.67. The summed E-state index contributed by atoms with van der Waals surface area (Å²) in [5.74, 6) is -1.16. The fourth-order valence-electron chi connectivity index (χ4n) is 1.69. The summed E-state index contributed by atoms with van der Waals surface area (Å²) in [5, 5.41) is 9.17. The summed E-state index contributed by atoms with van der Waals surface area (Å²) >= 11 is 0. The lowest BCUT2D eigenvalue weighted by atomic mass is 10.0. The Morgan fingerprint density at radius 2 is 1.86 bits per heavy atom. The number of ether oxygens (including phenoxy) is 1. The molecule has 0 unspecified atom stereocenters. The number of carbonyl (C=O) groups excluding carboxylic acids is 2. The summed E-state index contributed by atoms with van der Waals surface area (Å²) in [4.78, 5) is 35.4. The monoisotopic (exact) mass is 293 g/mol. The molecule has 0 aliphatic heterocycles. The van der Waals surface area contributed by atoms with Gasteiger partial charge in [-0.1, -0.05) is 0 Å². The van der Waals surface area contributed by atoms with Crippen molar-refractivity contribution in [2.75, 3.05) is 11.9 Å². The molecule has 0 aromatic heterocycles. The van der Waals surface area contributed by atoms with E-state index in [1.54, 1.807) is 27.7 Å². The number of carboxylic acids is 1. The summed E-state index contributed by atoms with van der Waals surface area (Å²) in [5.41, 5.74) is 0.178. The third kappa shape index (κ3) is 4.05. The van der Waals surface area contributed by atoms with Crippen molar-refractivity contribution in [2.45, 2.75) is 33.3 Å².